The Labute approximate surface area is 172 Å². The molecule has 5 heteroatoms. The van der Waals surface area contributed by atoms with Crippen LogP contribution < -0.4 is 10.6 Å². The molecule has 0 saturated heterocycles. The van der Waals surface area contributed by atoms with Gasteiger partial charge >= 0.3 is 0 Å². The summed E-state index contributed by atoms with van der Waals surface area (Å²) < 4.78 is 0. The minimum absolute atomic E-state index is 0.00672. The van der Waals surface area contributed by atoms with Gasteiger partial charge in [0.25, 0.3) is 5.91 Å². The van der Waals surface area contributed by atoms with Gasteiger partial charge in [-0.3, -0.25) is 4.79 Å². The number of nitrogens with zero attached hydrogens (tertiary/aromatic N) is 2. The van der Waals surface area contributed by atoms with Crippen molar-refractivity contribution in [2.75, 3.05) is 10.6 Å². The van der Waals surface area contributed by atoms with E-state index in [1.165, 1.54) is 5.56 Å². The van der Waals surface area contributed by atoms with Gasteiger partial charge in [0.15, 0.2) is 0 Å². The molecule has 0 aliphatic carbocycles. The number of aromatic nitrogens is 2. The van der Waals surface area contributed by atoms with Gasteiger partial charge < -0.3 is 10.6 Å². The normalized spacial score (nSPS) is 11.4. The van der Waals surface area contributed by atoms with Crippen LogP contribution in [0.4, 0.5) is 17.3 Å². The van der Waals surface area contributed by atoms with E-state index in [9.17, 15) is 4.79 Å². The summed E-state index contributed by atoms with van der Waals surface area (Å²) >= 11 is 0. The standard InChI is InChI=1S/C24H28N4O/c1-16(2)18-10-6-8-12-20(18)27-22(29)17-14-25-23(26-15-17)28-21-13-9-7-11-19(21)24(3,4)5/h6-16H,1-5H3,(H,27,29)(H,25,26,28). The molecule has 3 rings (SSSR count). The van der Waals surface area contributed by atoms with E-state index in [1.54, 1.807) is 12.4 Å². The summed E-state index contributed by atoms with van der Waals surface area (Å²) in [6.45, 7) is 10.7. The third-order valence-electron chi connectivity index (χ3n) is 4.73. The number of carbonyl (C=O) groups excluding carboxylic acids is 1. The molecule has 0 fully saturated rings. The molecule has 0 saturated carbocycles. The first-order valence-corrected chi connectivity index (χ1v) is 9.84. The first-order chi connectivity index (χ1) is 13.8. The maximum Gasteiger partial charge on any atom is 0.258 e. The number of benzene rings is 2. The molecule has 0 aliphatic heterocycles. The zero-order valence-electron chi connectivity index (χ0n) is 17.7. The van der Waals surface area contributed by atoms with Crippen molar-refractivity contribution in [3.63, 3.8) is 0 Å². The van der Waals surface area contributed by atoms with Crippen LogP contribution in [0.3, 0.4) is 0 Å². The fourth-order valence-electron chi connectivity index (χ4n) is 3.19. The highest BCUT2D eigenvalue weighted by Crippen LogP contribution is 2.30. The molecule has 0 atom stereocenters. The quantitative estimate of drug-likeness (QED) is 0.571. The van der Waals surface area contributed by atoms with Crippen LogP contribution in [0, 0.1) is 0 Å². The van der Waals surface area contributed by atoms with Gasteiger partial charge in [0.1, 0.15) is 0 Å². The maximum absolute atomic E-state index is 12.6. The maximum atomic E-state index is 12.6. The zero-order chi connectivity index (χ0) is 21.0. The zero-order valence-corrected chi connectivity index (χ0v) is 17.7. The molecule has 0 unspecified atom stereocenters. The van der Waals surface area contributed by atoms with Gasteiger partial charge in [-0.25, -0.2) is 9.97 Å². The Bertz CT molecular complexity index is 988. The smallest absolute Gasteiger partial charge is 0.258 e. The highest BCUT2D eigenvalue weighted by Gasteiger charge is 2.18. The van der Waals surface area contributed by atoms with Crippen LogP contribution in [-0.2, 0) is 5.41 Å². The summed E-state index contributed by atoms with van der Waals surface area (Å²) in [5.41, 5.74) is 4.46. The van der Waals surface area contributed by atoms with E-state index >= 15 is 0 Å². The molecule has 1 aromatic heterocycles. The van der Waals surface area contributed by atoms with E-state index in [-0.39, 0.29) is 11.3 Å². The van der Waals surface area contributed by atoms with Gasteiger partial charge in [-0.15, -0.1) is 0 Å². The number of nitrogens with one attached hydrogen (secondary N) is 2. The number of anilines is 3. The van der Waals surface area contributed by atoms with Crippen LogP contribution in [0.15, 0.2) is 60.9 Å². The third kappa shape index (κ3) is 4.99. The Hall–Kier alpha value is -3.21. The minimum Gasteiger partial charge on any atom is -0.324 e. The molecule has 1 amide bonds. The van der Waals surface area contributed by atoms with Crippen molar-refractivity contribution >= 4 is 23.2 Å². The molecule has 3 aromatic rings. The summed E-state index contributed by atoms with van der Waals surface area (Å²) in [7, 11) is 0. The lowest BCUT2D eigenvalue weighted by atomic mass is 9.86. The predicted octanol–water partition coefficient (Wildman–Crippen LogP) is 5.89. The summed E-state index contributed by atoms with van der Waals surface area (Å²) in [4.78, 5) is 21.3. The molecular weight excluding hydrogens is 360 g/mol. The molecular formula is C24H28N4O. The van der Waals surface area contributed by atoms with Gasteiger partial charge in [0.05, 0.1) is 5.56 Å². The summed E-state index contributed by atoms with van der Waals surface area (Å²) in [6, 6.07) is 15.9. The Morgan fingerprint density at radius 1 is 0.897 bits per heavy atom. The first kappa shape index (κ1) is 20.5. The van der Waals surface area contributed by atoms with Crippen molar-refractivity contribution in [1.82, 2.24) is 9.97 Å². The highest BCUT2D eigenvalue weighted by atomic mass is 16.1. The van der Waals surface area contributed by atoms with Crippen molar-refractivity contribution in [3.05, 3.63) is 77.6 Å². The lowest BCUT2D eigenvalue weighted by molar-refractivity contribution is 0.102. The van der Waals surface area contributed by atoms with Crippen molar-refractivity contribution in [2.24, 2.45) is 0 Å². The minimum atomic E-state index is -0.222. The number of para-hydroxylation sites is 2. The summed E-state index contributed by atoms with van der Waals surface area (Å²) in [6.07, 6.45) is 3.09. The van der Waals surface area contributed by atoms with Gasteiger partial charge in [0, 0.05) is 23.8 Å². The van der Waals surface area contributed by atoms with Crippen molar-refractivity contribution in [2.45, 2.75) is 46.0 Å². The average Bonchev–Trinajstić information content (AvgIpc) is 2.68. The second-order valence-corrected chi connectivity index (χ2v) is 8.41. The monoisotopic (exact) mass is 388 g/mol. The number of amides is 1. The summed E-state index contributed by atoms with van der Waals surface area (Å²) in [5, 5.41) is 6.23. The average molecular weight is 389 g/mol. The Balaban J connectivity index is 1.75. The van der Waals surface area contributed by atoms with E-state index in [0.717, 1.165) is 16.9 Å². The number of carbonyl (C=O) groups is 1. The van der Waals surface area contributed by atoms with E-state index in [2.05, 4.69) is 61.3 Å². The third-order valence-corrected chi connectivity index (χ3v) is 4.73. The largest absolute Gasteiger partial charge is 0.324 e. The Kier molecular flexibility index (Phi) is 5.97. The molecule has 0 aliphatic rings. The van der Waals surface area contributed by atoms with Crippen molar-refractivity contribution in [3.8, 4) is 0 Å². The lowest BCUT2D eigenvalue weighted by Crippen LogP contribution is -2.15. The molecule has 0 bridgehead atoms. The van der Waals surface area contributed by atoms with Crippen LogP contribution in [-0.4, -0.2) is 15.9 Å². The Morgan fingerprint density at radius 3 is 2.10 bits per heavy atom. The molecule has 2 aromatic carbocycles. The predicted molar refractivity (Wildman–Crippen MR) is 119 cm³/mol. The van der Waals surface area contributed by atoms with Crippen LogP contribution in [0.2, 0.25) is 0 Å². The fourth-order valence-corrected chi connectivity index (χ4v) is 3.19. The van der Waals surface area contributed by atoms with Crippen LogP contribution in [0.1, 0.15) is 62.0 Å². The van der Waals surface area contributed by atoms with Crippen LogP contribution in [0.25, 0.3) is 0 Å². The number of rotatable bonds is 5. The van der Waals surface area contributed by atoms with E-state index in [4.69, 9.17) is 0 Å². The van der Waals surface area contributed by atoms with Gasteiger partial charge in [-0.1, -0.05) is 71.0 Å². The molecule has 2 N–H and O–H groups in total. The number of hydrogen-bond acceptors (Lipinski definition) is 4. The fraction of sp³-hybridized carbons (Fsp3) is 0.292. The van der Waals surface area contributed by atoms with E-state index < -0.39 is 0 Å². The van der Waals surface area contributed by atoms with Gasteiger partial charge in [-0.05, 0) is 34.6 Å². The molecule has 1 heterocycles. The van der Waals surface area contributed by atoms with E-state index in [0.29, 0.717) is 17.4 Å². The molecule has 0 spiro atoms. The second-order valence-electron chi connectivity index (χ2n) is 8.41. The first-order valence-electron chi connectivity index (χ1n) is 9.84. The molecule has 0 radical (unpaired) electrons. The molecule has 29 heavy (non-hydrogen) atoms. The van der Waals surface area contributed by atoms with Crippen molar-refractivity contribution in [1.29, 1.82) is 0 Å². The van der Waals surface area contributed by atoms with E-state index in [1.807, 2.05) is 42.5 Å². The van der Waals surface area contributed by atoms with Crippen LogP contribution in [0.5, 0.6) is 0 Å². The van der Waals surface area contributed by atoms with Gasteiger partial charge in [-0.2, -0.15) is 0 Å². The summed E-state index contributed by atoms with van der Waals surface area (Å²) in [5.74, 6) is 0.554. The number of hydrogen-bond donors (Lipinski definition) is 2. The lowest BCUT2D eigenvalue weighted by Gasteiger charge is -2.22. The SMILES string of the molecule is CC(C)c1ccccc1NC(=O)c1cnc(Nc2ccccc2C(C)(C)C)nc1. The second kappa shape index (κ2) is 8.43. The molecule has 5 nitrogen and oxygen atoms in total. The highest BCUT2D eigenvalue weighted by molar-refractivity contribution is 6.04. The van der Waals surface area contributed by atoms with Gasteiger partial charge in [0.2, 0.25) is 5.95 Å². The van der Waals surface area contributed by atoms with Crippen LogP contribution >= 0.6 is 0 Å². The van der Waals surface area contributed by atoms with Crippen molar-refractivity contribution < 1.29 is 4.79 Å². The topological polar surface area (TPSA) is 66.9 Å². The molecule has 150 valence electrons. The Morgan fingerprint density at radius 2 is 1.48 bits per heavy atom.